The van der Waals surface area contributed by atoms with E-state index in [4.69, 9.17) is 10.5 Å². The fourth-order valence-corrected chi connectivity index (χ4v) is 1.42. The van der Waals surface area contributed by atoms with Gasteiger partial charge in [-0.1, -0.05) is 101 Å². The van der Waals surface area contributed by atoms with E-state index < -0.39 is 11.7 Å². The third-order valence-corrected chi connectivity index (χ3v) is 2.52. The summed E-state index contributed by atoms with van der Waals surface area (Å²) in [5, 5.41) is 2.56. The largest absolute Gasteiger partial charge is 0.444 e. The minimum absolute atomic E-state index is 0. The van der Waals surface area contributed by atoms with Crippen molar-refractivity contribution >= 4 is 85.5 Å². The molecule has 32 heavy (non-hydrogen) atoms. The molecule has 0 fully saturated rings. The number of nitrogens with one attached hydrogen (secondary N) is 1. The quantitative estimate of drug-likeness (QED) is 0.184. The smallest absolute Gasteiger partial charge is 0.402 e. The zero-order valence-corrected chi connectivity index (χ0v) is 31.7. The van der Waals surface area contributed by atoms with Crippen molar-refractivity contribution < 1.29 is 51.7 Å². The molecule has 2 heterocycles. The first kappa shape index (κ1) is 40.1. The molecule has 0 spiro atoms. The zero-order chi connectivity index (χ0) is 23.7. The van der Waals surface area contributed by atoms with Crippen molar-refractivity contribution in [3.05, 3.63) is 47.8 Å². The molecule has 0 radical (unpaired) electrons. The van der Waals surface area contributed by atoms with Gasteiger partial charge in [-0.2, -0.15) is 24.3 Å². The number of aromatic nitrogens is 2. The second-order valence-corrected chi connectivity index (χ2v) is 14.2. The number of hydrogen-bond donors (Lipinski definition) is 2. The SMILES string of the molecule is CC(I)I.CCI.Cc1[c-]ccnc1N.Cc1[c-]ccnc1NC(=O)OC(C)(C)C.[W].[W]. The zero-order valence-electron chi connectivity index (χ0n) is 19.3. The van der Waals surface area contributed by atoms with Gasteiger partial charge < -0.3 is 25.8 Å². The summed E-state index contributed by atoms with van der Waals surface area (Å²) in [6.07, 6.45) is 2.69. The first-order valence-corrected chi connectivity index (χ1v) is 13.1. The number of pyridine rings is 2. The van der Waals surface area contributed by atoms with Gasteiger partial charge in [0.15, 0.2) is 0 Å². The molecule has 0 aliphatic rings. The Morgan fingerprint density at radius 2 is 1.53 bits per heavy atom. The number of aryl methyl sites for hydroxylation is 2. The van der Waals surface area contributed by atoms with E-state index in [1.807, 2.05) is 34.6 Å². The van der Waals surface area contributed by atoms with Crippen molar-refractivity contribution in [3.63, 3.8) is 0 Å². The molecule has 0 bridgehead atoms. The normalized spacial score (nSPS) is 9.09. The Balaban J connectivity index is -0.000000195. The van der Waals surface area contributed by atoms with Gasteiger partial charge in [-0.05, 0) is 32.1 Å². The first-order valence-electron chi connectivity index (χ1n) is 9.10. The Hall–Kier alpha value is 0.937. The molecule has 0 aromatic carbocycles. The molecule has 0 aliphatic heterocycles. The number of anilines is 2. The first-order chi connectivity index (χ1) is 13.8. The summed E-state index contributed by atoms with van der Waals surface area (Å²) in [7, 11) is 0. The molecule has 0 unspecified atom stereocenters. The predicted molar refractivity (Wildman–Crippen MR) is 152 cm³/mol. The average Bonchev–Trinajstić information content (AvgIpc) is 2.59. The Bertz CT molecular complexity index is 710. The Morgan fingerprint density at radius 3 is 1.84 bits per heavy atom. The monoisotopic (exact) mass is 1120 g/mol. The van der Waals surface area contributed by atoms with Crippen LogP contribution in [0.15, 0.2) is 24.5 Å². The molecule has 2 aromatic heterocycles. The van der Waals surface area contributed by atoms with Crippen LogP contribution in [-0.2, 0) is 46.9 Å². The maximum Gasteiger partial charge on any atom is 0.402 e. The fraction of sp³-hybridized carbons (Fsp3) is 0.476. The molecular formula is C21H31I3N4O2W2-2. The van der Waals surface area contributed by atoms with Crippen LogP contribution in [0.5, 0.6) is 0 Å². The van der Waals surface area contributed by atoms with Crippen LogP contribution in [0.3, 0.4) is 0 Å². The Labute approximate surface area is 263 Å². The molecule has 3 N–H and O–H groups in total. The van der Waals surface area contributed by atoms with E-state index in [0.29, 0.717) is 11.6 Å². The summed E-state index contributed by atoms with van der Waals surface area (Å²) >= 11 is 6.95. The van der Waals surface area contributed by atoms with Gasteiger partial charge >= 0.3 is 6.09 Å². The standard InChI is InChI=1S/C11H15N2O2.C6H7N2.C2H4I2.C2H5I.2W/c1-8-6-5-7-12-9(8)13-10(14)15-11(2,3)4;1-5-3-2-4-8-6(5)7;1-2(3)4;1-2-3;;/h5,7H,1-4H3,(H,12,13,14);2,4H,1H3,(H2,7,8);2H,1H3;2H2,1H3;;/q2*-1;;;;. The summed E-state index contributed by atoms with van der Waals surface area (Å²) < 4.78 is 7.09. The van der Waals surface area contributed by atoms with E-state index in [1.165, 1.54) is 4.43 Å². The number of amides is 1. The van der Waals surface area contributed by atoms with Crippen LogP contribution in [-0.4, -0.2) is 28.0 Å². The van der Waals surface area contributed by atoms with Crippen LogP contribution in [0.25, 0.3) is 0 Å². The molecular weight excluding hydrogens is 1090 g/mol. The van der Waals surface area contributed by atoms with Gasteiger partial charge in [0, 0.05) is 53.8 Å². The number of rotatable bonds is 1. The fourth-order valence-electron chi connectivity index (χ4n) is 1.42. The van der Waals surface area contributed by atoms with Gasteiger partial charge in [0.2, 0.25) is 0 Å². The van der Waals surface area contributed by atoms with E-state index in [-0.39, 0.29) is 42.1 Å². The topological polar surface area (TPSA) is 90.1 Å². The van der Waals surface area contributed by atoms with Crippen molar-refractivity contribution in [2.45, 2.75) is 56.0 Å². The minimum atomic E-state index is -0.503. The molecule has 1 amide bonds. The Morgan fingerprint density at radius 1 is 1.12 bits per heavy atom. The van der Waals surface area contributed by atoms with E-state index in [0.717, 1.165) is 13.1 Å². The average molecular weight is 1120 g/mol. The van der Waals surface area contributed by atoms with Crippen molar-refractivity contribution in [3.8, 4) is 0 Å². The molecule has 11 heteroatoms. The van der Waals surface area contributed by atoms with Crippen LogP contribution in [0.1, 0.15) is 45.7 Å². The van der Waals surface area contributed by atoms with Gasteiger partial charge in [0.1, 0.15) is 5.60 Å². The summed E-state index contributed by atoms with van der Waals surface area (Å²) in [6.45, 7) is 13.4. The number of nitrogen functional groups attached to an aromatic ring is 1. The predicted octanol–water partition coefficient (Wildman–Crippen LogP) is 6.95. The number of alkyl halides is 3. The molecule has 182 valence electrons. The van der Waals surface area contributed by atoms with Gasteiger partial charge in [0.25, 0.3) is 0 Å². The Kier molecular flexibility index (Phi) is 29.7. The number of halogens is 3. The summed E-state index contributed by atoms with van der Waals surface area (Å²) in [6, 6.07) is 9.28. The maximum absolute atomic E-state index is 11.4. The number of ether oxygens (including phenoxy) is 1. The van der Waals surface area contributed by atoms with E-state index >= 15 is 0 Å². The van der Waals surface area contributed by atoms with Crippen molar-refractivity contribution in [1.29, 1.82) is 0 Å². The molecule has 6 nitrogen and oxygen atoms in total. The van der Waals surface area contributed by atoms with Gasteiger partial charge in [-0.25, -0.2) is 4.79 Å². The molecule has 2 aromatic rings. The molecule has 0 saturated carbocycles. The minimum Gasteiger partial charge on any atom is -0.444 e. The molecule has 0 aliphatic carbocycles. The third-order valence-electron chi connectivity index (χ3n) is 2.52. The van der Waals surface area contributed by atoms with Crippen LogP contribution in [0.2, 0.25) is 0 Å². The van der Waals surface area contributed by atoms with Crippen molar-refractivity contribution in [1.82, 2.24) is 9.97 Å². The number of hydrogen-bond acceptors (Lipinski definition) is 5. The maximum atomic E-state index is 11.4. The second kappa shape index (κ2) is 23.7. The number of nitrogens with two attached hydrogens (primary N) is 1. The summed E-state index contributed by atoms with van der Waals surface area (Å²) in [5.41, 5.74) is 6.56. The van der Waals surface area contributed by atoms with E-state index in [1.54, 1.807) is 24.5 Å². The van der Waals surface area contributed by atoms with Gasteiger partial charge in [-0.15, -0.1) is 11.1 Å². The summed E-state index contributed by atoms with van der Waals surface area (Å²) in [5.74, 6) is 1.04. The number of carbonyl (C=O) groups excluding carboxylic acids is 1. The third kappa shape index (κ3) is 27.2. The van der Waals surface area contributed by atoms with Crippen LogP contribution in [0, 0.1) is 26.0 Å². The molecule has 0 saturated heterocycles. The van der Waals surface area contributed by atoms with Crippen LogP contribution >= 0.6 is 67.8 Å². The summed E-state index contributed by atoms with van der Waals surface area (Å²) in [4.78, 5) is 19.2. The van der Waals surface area contributed by atoms with Crippen molar-refractivity contribution in [2.75, 3.05) is 15.5 Å². The molecule has 2 rings (SSSR count). The van der Waals surface area contributed by atoms with E-state index in [9.17, 15) is 4.79 Å². The van der Waals surface area contributed by atoms with Crippen LogP contribution < -0.4 is 11.1 Å². The van der Waals surface area contributed by atoms with Crippen LogP contribution in [0.4, 0.5) is 16.4 Å². The van der Waals surface area contributed by atoms with Gasteiger partial charge in [-0.3, -0.25) is 0 Å². The van der Waals surface area contributed by atoms with Crippen molar-refractivity contribution in [2.24, 2.45) is 0 Å². The number of carbonyl (C=O) groups is 1. The van der Waals surface area contributed by atoms with Gasteiger partial charge in [0.05, 0.1) is 1.93 Å². The number of nitrogens with zero attached hydrogens (tertiary/aromatic N) is 2. The second-order valence-electron chi connectivity index (χ2n) is 6.58. The molecule has 0 atom stereocenters. The van der Waals surface area contributed by atoms with E-state index in [2.05, 4.69) is 109 Å².